The minimum atomic E-state index is -0.198. The molecule has 0 bridgehead atoms. The van der Waals surface area contributed by atoms with Crippen molar-refractivity contribution in [2.45, 2.75) is 39.7 Å². The average molecular weight is 210 g/mol. The molecule has 3 heteroatoms. The predicted octanol–water partition coefficient (Wildman–Crippen LogP) is 2.04. The summed E-state index contributed by atoms with van der Waals surface area (Å²) in [5.74, 6) is 0. The van der Waals surface area contributed by atoms with Crippen molar-refractivity contribution in [1.29, 1.82) is 5.26 Å². The maximum Gasteiger partial charge on any atom is 0.0684 e. The van der Waals surface area contributed by atoms with Crippen LogP contribution in [0.3, 0.4) is 0 Å². The molecular formula is C12H22N2O. The number of hydrogen-bond donors (Lipinski definition) is 0. The molecule has 1 fully saturated rings. The van der Waals surface area contributed by atoms with Gasteiger partial charge in [-0.25, -0.2) is 0 Å². The fraction of sp³-hybridized carbons (Fsp3) is 0.917. The van der Waals surface area contributed by atoms with E-state index in [9.17, 15) is 0 Å². The van der Waals surface area contributed by atoms with Gasteiger partial charge in [0.15, 0.2) is 0 Å². The molecule has 86 valence electrons. The van der Waals surface area contributed by atoms with Crippen LogP contribution in [0.2, 0.25) is 0 Å². The van der Waals surface area contributed by atoms with Crippen molar-refractivity contribution in [3.05, 3.63) is 0 Å². The molecule has 0 spiro atoms. The van der Waals surface area contributed by atoms with Gasteiger partial charge in [0.1, 0.15) is 0 Å². The Morgan fingerprint density at radius 2 is 2.27 bits per heavy atom. The van der Waals surface area contributed by atoms with E-state index in [2.05, 4.69) is 17.9 Å². The van der Waals surface area contributed by atoms with Crippen LogP contribution in [0.5, 0.6) is 0 Å². The van der Waals surface area contributed by atoms with Crippen LogP contribution in [0.25, 0.3) is 0 Å². The molecule has 1 saturated heterocycles. The standard InChI is InChI=1S/C12H22N2O/c1-11-9-14(6-4-8-15-11)7-5-12(2,3)10-13/h11H,4-9H2,1-3H3. The highest BCUT2D eigenvalue weighted by molar-refractivity contribution is 4.92. The minimum Gasteiger partial charge on any atom is -0.377 e. The highest BCUT2D eigenvalue weighted by atomic mass is 16.5. The van der Waals surface area contributed by atoms with E-state index in [4.69, 9.17) is 10.00 Å². The molecule has 0 aliphatic carbocycles. The molecule has 0 aromatic carbocycles. The second kappa shape index (κ2) is 5.48. The Labute approximate surface area is 93.0 Å². The second-order valence-electron chi connectivity index (χ2n) is 5.08. The van der Waals surface area contributed by atoms with E-state index < -0.39 is 0 Å². The lowest BCUT2D eigenvalue weighted by molar-refractivity contribution is 0.0667. The fourth-order valence-electron chi connectivity index (χ4n) is 1.78. The topological polar surface area (TPSA) is 36.3 Å². The molecule has 1 heterocycles. The molecule has 3 nitrogen and oxygen atoms in total. The molecular weight excluding hydrogens is 188 g/mol. The van der Waals surface area contributed by atoms with Crippen molar-refractivity contribution in [2.75, 3.05) is 26.2 Å². The zero-order chi connectivity index (χ0) is 11.3. The van der Waals surface area contributed by atoms with Gasteiger partial charge in [-0.3, -0.25) is 0 Å². The Kier molecular flexibility index (Phi) is 4.56. The highest BCUT2D eigenvalue weighted by Gasteiger charge is 2.20. The Morgan fingerprint density at radius 1 is 1.53 bits per heavy atom. The largest absolute Gasteiger partial charge is 0.377 e. The maximum absolute atomic E-state index is 8.94. The van der Waals surface area contributed by atoms with Crippen molar-refractivity contribution in [3.63, 3.8) is 0 Å². The van der Waals surface area contributed by atoms with Crippen LogP contribution in [-0.4, -0.2) is 37.2 Å². The molecule has 0 aromatic heterocycles. The van der Waals surface area contributed by atoms with Gasteiger partial charge in [0.25, 0.3) is 0 Å². The molecule has 1 aliphatic rings. The van der Waals surface area contributed by atoms with Crippen molar-refractivity contribution in [3.8, 4) is 6.07 Å². The van der Waals surface area contributed by atoms with E-state index >= 15 is 0 Å². The summed E-state index contributed by atoms with van der Waals surface area (Å²) in [4.78, 5) is 2.41. The zero-order valence-electron chi connectivity index (χ0n) is 10.1. The van der Waals surface area contributed by atoms with Crippen LogP contribution < -0.4 is 0 Å². The third kappa shape index (κ3) is 4.63. The number of hydrogen-bond acceptors (Lipinski definition) is 3. The summed E-state index contributed by atoms with van der Waals surface area (Å²) in [6, 6.07) is 2.35. The van der Waals surface area contributed by atoms with Gasteiger partial charge < -0.3 is 9.64 Å². The van der Waals surface area contributed by atoms with E-state index in [0.717, 1.165) is 39.1 Å². The third-order valence-corrected chi connectivity index (χ3v) is 2.89. The van der Waals surface area contributed by atoms with E-state index in [1.807, 2.05) is 13.8 Å². The SMILES string of the molecule is CC1CN(CCC(C)(C)C#N)CCCO1. The van der Waals surface area contributed by atoms with Crippen LogP contribution in [0, 0.1) is 16.7 Å². The molecule has 15 heavy (non-hydrogen) atoms. The third-order valence-electron chi connectivity index (χ3n) is 2.89. The lowest BCUT2D eigenvalue weighted by Gasteiger charge is -2.24. The molecule has 0 aromatic rings. The van der Waals surface area contributed by atoms with E-state index in [1.54, 1.807) is 0 Å². The van der Waals surface area contributed by atoms with Crippen LogP contribution >= 0.6 is 0 Å². The number of nitriles is 1. The van der Waals surface area contributed by atoms with Crippen LogP contribution in [0.1, 0.15) is 33.6 Å². The Morgan fingerprint density at radius 3 is 2.93 bits per heavy atom. The molecule has 1 unspecified atom stereocenters. The quantitative estimate of drug-likeness (QED) is 0.715. The van der Waals surface area contributed by atoms with Crippen molar-refractivity contribution in [1.82, 2.24) is 4.90 Å². The van der Waals surface area contributed by atoms with Gasteiger partial charge in [0.2, 0.25) is 0 Å². The van der Waals surface area contributed by atoms with Gasteiger partial charge in [-0.15, -0.1) is 0 Å². The summed E-state index contributed by atoms with van der Waals surface area (Å²) >= 11 is 0. The van der Waals surface area contributed by atoms with Gasteiger partial charge in [0, 0.05) is 19.7 Å². The van der Waals surface area contributed by atoms with Crippen LogP contribution in [-0.2, 0) is 4.74 Å². The van der Waals surface area contributed by atoms with E-state index in [0.29, 0.717) is 6.10 Å². The molecule has 1 rings (SSSR count). The first kappa shape index (κ1) is 12.5. The van der Waals surface area contributed by atoms with Crippen molar-refractivity contribution in [2.24, 2.45) is 5.41 Å². The van der Waals surface area contributed by atoms with Crippen molar-refractivity contribution < 1.29 is 4.74 Å². The molecule has 0 radical (unpaired) electrons. The van der Waals surface area contributed by atoms with Crippen molar-refractivity contribution >= 4 is 0 Å². The first-order chi connectivity index (χ1) is 7.03. The zero-order valence-corrected chi connectivity index (χ0v) is 10.1. The Bertz CT molecular complexity index is 232. The fourth-order valence-corrected chi connectivity index (χ4v) is 1.78. The minimum absolute atomic E-state index is 0.198. The molecule has 0 saturated carbocycles. The highest BCUT2D eigenvalue weighted by Crippen LogP contribution is 2.19. The molecule has 1 aliphatic heterocycles. The summed E-state index contributed by atoms with van der Waals surface area (Å²) < 4.78 is 5.58. The Hall–Kier alpha value is -0.590. The maximum atomic E-state index is 8.94. The van der Waals surface area contributed by atoms with Gasteiger partial charge >= 0.3 is 0 Å². The second-order valence-corrected chi connectivity index (χ2v) is 5.08. The number of rotatable bonds is 3. The summed E-state index contributed by atoms with van der Waals surface area (Å²) in [5.41, 5.74) is -0.198. The molecule has 0 N–H and O–H groups in total. The van der Waals surface area contributed by atoms with Gasteiger partial charge in [-0.2, -0.15) is 5.26 Å². The van der Waals surface area contributed by atoms with Gasteiger partial charge in [-0.05, 0) is 40.2 Å². The molecule has 0 amide bonds. The lowest BCUT2D eigenvalue weighted by atomic mass is 9.91. The first-order valence-corrected chi connectivity index (χ1v) is 5.79. The van der Waals surface area contributed by atoms with E-state index in [1.165, 1.54) is 0 Å². The molecule has 1 atom stereocenters. The summed E-state index contributed by atoms with van der Waals surface area (Å²) in [6.45, 7) is 10.1. The number of nitrogens with zero attached hydrogens (tertiary/aromatic N) is 2. The first-order valence-electron chi connectivity index (χ1n) is 5.79. The smallest absolute Gasteiger partial charge is 0.0684 e. The van der Waals surface area contributed by atoms with Gasteiger partial charge in [0.05, 0.1) is 17.6 Å². The normalized spacial score (nSPS) is 24.5. The van der Waals surface area contributed by atoms with E-state index in [-0.39, 0.29) is 5.41 Å². The van der Waals surface area contributed by atoms with Crippen LogP contribution in [0.15, 0.2) is 0 Å². The monoisotopic (exact) mass is 210 g/mol. The predicted molar refractivity (Wildman–Crippen MR) is 60.5 cm³/mol. The van der Waals surface area contributed by atoms with Gasteiger partial charge in [-0.1, -0.05) is 0 Å². The summed E-state index contributed by atoms with van der Waals surface area (Å²) in [7, 11) is 0. The summed E-state index contributed by atoms with van der Waals surface area (Å²) in [6.07, 6.45) is 2.38. The average Bonchev–Trinajstić information content (AvgIpc) is 2.40. The van der Waals surface area contributed by atoms with Crippen LogP contribution in [0.4, 0.5) is 0 Å². The Balaban J connectivity index is 2.34. The summed E-state index contributed by atoms with van der Waals surface area (Å²) in [5, 5.41) is 8.94. The lowest BCUT2D eigenvalue weighted by Crippen LogP contribution is -2.33. The number of ether oxygens (including phenoxy) is 1.